The average molecular weight is 341 g/mol. The molecule has 0 unspecified atom stereocenters. The molecule has 0 aliphatic rings. The number of methoxy groups -OCH3 is 1. The van der Waals surface area contributed by atoms with Gasteiger partial charge in [-0.1, -0.05) is 42.5 Å². The number of nitrogens with one attached hydrogen (secondary N) is 3. The van der Waals surface area contributed by atoms with E-state index in [2.05, 4.69) is 16.2 Å². The number of amides is 1. The normalized spacial score (nSPS) is 10.2. The number of hydrogen-bond acceptors (Lipinski definition) is 3. The first-order valence-corrected chi connectivity index (χ1v) is 7.78. The zero-order chi connectivity index (χ0) is 17.2. The average Bonchev–Trinajstić information content (AvgIpc) is 2.64. The Morgan fingerprint density at radius 3 is 2.46 bits per heavy atom. The van der Waals surface area contributed by atoms with Crippen LogP contribution in [-0.4, -0.2) is 18.1 Å². The molecule has 0 atom stereocenters. The van der Waals surface area contributed by atoms with Crippen molar-refractivity contribution in [3.8, 4) is 5.75 Å². The first-order valence-electron chi connectivity index (χ1n) is 7.37. The van der Waals surface area contributed by atoms with Crippen LogP contribution < -0.4 is 20.9 Å². The number of thiocarbonyl (C=S) groups is 1. The molecule has 0 saturated heterocycles. The Morgan fingerprint density at radius 2 is 1.79 bits per heavy atom. The zero-order valence-electron chi connectivity index (χ0n) is 13.3. The SMILES string of the molecule is COc1ccc(/C=C/C(=O)NNC(=S)NCc2ccccc2)cc1. The molecule has 2 aromatic rings. The smallest absolute Gasteiger partial charge is 0.262 e. The van der Waals surface area contributed by atoms with E-state index in [4.69, 9.17) is 17.0 Å². The zero-order valence-corrected chi connectivity index (χ0v) is 14.1. The highest BCUT2D eigenvalue weighted by Gasteiger charge is 1.98. The van der Waals surface area contributed by atoms with Crippen LogP contribution in [0.2, 0.25) is 0 Å². The van der Waals surface area contributed by atoms with Crippen LogP contribution in [0.1, 0.15) is 11.1 Å². The van der Waals surface area contributed by atoms with Crippen LogP contribution >= 0.6 is 12.2 Å². The molecule has 0 fully saturated rings. The Bertz CT molecular complexity index is 700. The van der Waals surface area contributed by atoms with Gasteiger partial charge in [-0.15, -0.1) is 0 Å². The number of rotatable bonds is 5. The van der Waals surface area contributed by atoms with E-state index in [-0.39, 0.29) is 5.91 Å². The van der Waals surface area contributed by atoms with Gasteiger partial charge in [-0.3, -0.25) is 15.6 Å². The number of carbonyl (C=O) groups excluding carboxylic acids is 1. The monoisotopic (exact) mass is 341 g/mol. The predicted molar refractivity (Wildman–Crippen MR) is 99.2 cm³/mol. The number of benzene rings is 2. The summed E-state index contributed by atoms with van der Waals surface area (Å²) in [7, 11) is 1.61. The van der Waals surface area contributed by atoms with Crippen molar-refractivity contribution >= 4 is 29.3 Å². The molecule has 0 spiro atoms. The van der Waals surface area contributed by atoms with Gasteiger partial charge in [0.2, 0.25) is 0 Å². The number of hydrogen-bond donors (Lipinski definition) is 3. The lowest BCUT2D eigenvalue weighted by Crippen LogP contribution is -2.45. The highest BCUT2D eigenvalue weighted by molar-refractivity contribution is 7.80. The van der Waals surface area contributed by atoms with E-state index < -0.39 is 0 Å². The van der Waals surface area contributed by atoms with Crippen LogP contribution in [0.15, 0.2) is 60.7 Å². The van der Waals surface area contributed by atoms with Crippen LogP contribution in [-0.2, 0) is 11.3 Å². The summed E-state index contributed by atoms with van der Waals surface area (Å²) in [5, 5.41) is 3.36. The van der Waals surface area contributed by atoms with Crippen LogP contribution in [0.5, 0.6) is 5.75 Å². The molecule has 5 nitrogen and oxygen atoms in total. The molecule has 2 rings (SSSR count). The Kier molecular flexibility index (Phi) is 6.79. The number of carbonyl (C=O) groups is 1. The van der Waals surface area contributed by atoms with Crippen molar-refractivity contribution in [2.45, 2.75) is 6.54 Å². The van der Waals surface area contributed by atoms with E-state index in [0.29, 0.717) is 11.7 Å². The molecule has 0 bridgehead atoms. The van der Waals surface area contributed by atoms with Gasteiger partial charge in [-0.05, 0) is 41.6 Å². The molecular weight excluding hydrogens is 322 g/mol. The lowest BCUT2D eigenvalue weighted by Gasteiger charge is -2.10. The van der Waals surface area contributed by atoms with Crippen LogP contribution in [0, 0.1) is 0 Å². The van der Waals surface area contributed by atoms with E-state index >= 15 is 0 Å². The fourth-order valence-corrected chi connectivity index (χ4v) is 1.99. The quantitative estimate of drug-likeness (QED) is 0.443. The molecule has 1 amide bonds. The third-order valence-electron chi connectivity index (χ3n) is 3.14. The van der Waals surface area contributed by atoms with E-state index in [1.54, 1.807) is 13.2 Å². The van der Waals surface area contributed by atoms with Crippen molar-refractivity contribution in [1.29, 1.82) is 0 Å². The Morgan fingerprint density at radius 1 is 1.08 bits per heavy atom. The molecule has 3 N–H and O–H groups in total. The Hall–Kier alpha value is -2.86. The van der Waals surface area contributed by atoms with Gasteiger partial charge >= 0.3 is 0 Å². The fourth-order valence-electron chi connectivity index (χ4n) is 1.87. The topological polar surface area (TPSA) is 62.4 Å². The van der Waals surface area contributed by atoms with Crippen molar-refractivity contribution in [1.82, 2.24) is 16.2 Å². The number of hydrazine groups is 1. The molecule has 24 heavy (non-hydrogen) atoms. The molecule has 0 heterocycles. The molecule has 0 aromatic heterocycles. The van der Waals surface area contributed by atoms with E-state index in [1.165, 1.54) is 6.08 Å². The van der Waals surface area contributed by atoms with Gasteiger partial charge in [0.15, 0.2) is 5.11 Å². The standard InChI is InChI=1S/C18H19N3O2S/c1-23-16-10-7-14(8-11-16)9-12-17(22)20-21-18(24)19-13-15-5-3-2-4-6-15/h2-12H,13H2,1H3,(H,20,22)(H2,19,21,24)/b12-9+. The molecule has 2 aromatic carbocycles. The fraction of sp³-hybridized carbons (Fsp3) is 0.111. The highest BCUT2D eigenvalue weighted by Crippen LogP contribution is 2.12. The molecule has 0 aliphatic heterocycles. The van der Waals surface area contributed by atoms with Crippen molar-refractivity contribution in [3.05, 3.63) is 71.8 Å². The van der Waals surface area contributed by atoms with Gasteiger partial charge in [0, 0.05) is 12.6 Å². The third-order valence-corrected chi connectivity index (χ3v) is 3.38. The maximum absolute atomic E-state index is 11.7. The second-order valence-corrected chi connectivity index (χ2v) is 5.30. The molecule has 0 saturated carbocycles. The van der Waals surface area contributed by atoms with E-state index in [0.717, 1.165) is 16.9 Å². The van der Waals surface area contributed by atoms with Crippen molar-refractivity contribution < 1.29 is 9.53 Å². The summed E-state index contributed by atoms with van der Waals surface area (Å²) in [4.78, 5) is 11.7. The van der Waals surface area contributed by atoms with Crippen LogP contribution in [0.4, 0.5) is 0 Å². The summed E-state index contributed by atoms with van der Waals surface area (Å²) in [6, 6.07) is 17.2. The summed E-state index contributed by atoms with van der Waals surface area (Å²) >= 11 is 5.10. The van der Waals surface area contributed by atoms with Crippen molar-refractivity contribution in [3.63, 3.8) is 0 Å². The maximum Gasteiger partial charge on any atom is 0.262 e. The molecule has 6 heteroatoms. The van der Waals surface area contributed by atoms with Gasteiger partial charge in [0.25, 0.3) is 5.91 Å². The largest absolute Gasteiger partial charge is 0.497 e. The predicted octanol–water partition coefficient (Wildman–Crippen LogP) is 2.40. The summed E-state index contributed by atoms with van der Waals surface area (Å²) in [5.41, 5.74) is 7.17. The Labute approximate surface area is 146 Å². The van der Waals surface area contributed by atoms with E-state index in [9.17, 15) is 4.79 Å². The van der Waals surface area contributed by atoms with E-state index in [1.807, 2.05) is 54.6 Å². The second kappa shape index (κ2) is 9.32. The summed E-state index contributed by atoms with van der Waals surface area (Å²) in [5.74, 6) is 0.475. The lowest BCUT2D eigenvalue weighted by molar-refractivity contribution is -0.116. The van der Waals surface area contributed by atoms with Crippen LogP contribution in [0.25, 0.3) is 6.08 Å². The first-order chi connectivity index (χ1) is 11.7. The van der Waals surface area contributed by atoms with Gasteiger partial charge in [-0.25, -0.2) is 0 Å². The van der Waals surface area contributed by atoms with Crippen molar-refractivity contribution in [2.24, 2.45) is 0 Å². The summed E-state index contributed by atoms with van der Waals surface area (Å²) in [6.45, 7) is 0.588. The van der Waals surface area contributed by atoms with Gasteiger partial charge in [0.1, 0.15) is 5.75 Å². The maximum atomic E-state index is 11.7. The number of ether oxygens (including phenoxy) is 1. The molecule has 0 aliphatic carbocycles. The Balaban J connectivity index is 1.71. The minimum atomic E-state index is -0.297. The molecule has 0 radical (unpaired) electrons. The molecular formula is C18H19N3O2S. The lowest BCUT2D eigenvalue weighted by atomic mass is 10.2. The molecule has 124 valence electrons. The van der Waals surface area contributed by atoms with Gasteiger partial charge in [-0.2, -0.15) is 0 Å². The minimum Gasteiger partial charge on any atom is -0.497 e. The van der Waals surface area contributed by atoms with Crippen molar-refractivity contribution in [2.75, 3.05) is 7.11 Å². The minimum absolute atomic E-state index is 0.297. The van der Waals surface area contributed by atoms with Gasteiger partial charge in [0.05, 0.1) is 7.11 Å². The highest BCUT2D eigenvalue weighted by atomic mass is 32.1. The van der Waals surface area contributed by atoms with Gasteiger partial charge < -0.3 is 10.1 Å². The summed E-state index contributed by atoms with van der Waals surface area (Å²) < 4.78 is 5.08. The van der Waals surface area contributed by atoms with Crippen LogP contribution in [0.3, 0.4) is 0 Å². The summed E-state index contributed by atoms with van der Waals surface area (Å²) in [6.07, 6.45) is 3.13. The first kappa shape index (κ1) is 17.5. The third kappa shape index (κ3) is 6.10. The second-order valence-electron chi connectivity index (χ2n) is 4.89.